The Balaban J connectivity index is 1.67. The number of aromatic nitrogens is 1. The van der Waals surface area contributed by atoms with Gasteiger partial charge in [-0.25, -0.2) is 4.98 Å². The lowest BCUT2D eigenvalue weighted by Gasteiger charge is -2.15. The van der Waals surface area contributed by atoms with Gasteiger partial charge in [0, 0.05) is 22.7 Å². The van der Waals surface area contributed by atoms with Gasteiger partial charge in [-0.1, -0.05) is 39.0 Å². The molecule has 0 bridgehead atoms. The molecule has 0 aliphatic heterocycles. The first-order chi connectivity index (χ1) is 15.8. The summed E-state index contributed by atoms with van der Waals surface area (Å²) in [5.41, 5.74) is 0.234. The van der Waals surface area contributed by atoms with Crippen molar-refractivity contribution < 1.29 is 28.1 Å². The molecule has 178 valence electrons. The molecule has 0 unspecified atom stereocenters. The molecule has 5 nitrogen and oxygen atoms in total. The van der Waals surface area contributed by atoms with Crippen LogP contribution in [0.4, 0.5) is 24.0 Å². The summed E-state index contributed by atoms with van der Waals surface area (Å²) in [5, 5.41) is 24.3. The van der Waals surface area contributed by atoms with Crippen molar-refractivity contribution in [3.05, 3.63) is 47.3 Å². The van der Waals surface area contributed by atoms with Gasteiger partial charge >= 0.3 is 6.18 Å². The van der Waals surface area contributed by atoms with E-state index in [0.29, 0.717) is 22.8 Å². The van der Waals surface area contributed by atoms with Crippen LogP contribution in [0.25, 0.3) is 11.3 Å². The molecule has 3 rings (SSSR count). The molecule has 0 amide bonds. The van der Waals surface area contributed by atoms with Crippen LogP contribution in [0.2, 0.25) is 0 Å². The molecule has 0 saturated carbocycles. The largest absolute Gasteiger partial charge is 0.508 e. The lowest BCUT2D eigenvalue weighted by atomic mass is 10.1. The molecule has 33 heavy (non-hydrogen) atoms. The predicted octanol–water partition coefficient (Wildman–Crippen LogP) is 7.72. The Kier molecular flexibility index (Phi) is 8.43. The van der Waals surface area contributed by atoms with Crippen molar-refractivity contribution in [2.45, 2.75) is 51.6 Å². The SMILES string of the molecule is CCCCCCCCOc1ccc(Nc2nc(-c3ccc(O)cc3O)cs2)cc1C(F)(F)F. The van der Waals surface area contributed by atoms with Gasteiger partial charge in [-0.3, -0.25) is 0 Å². The first-order valence-electron chi connectivity index (χ1n) is 10.9. The van der Waals surface area contributed by atoms with Gasteiger partial charge in [0.1, 0.15) is 17.2 Å². The number of phenols is 2. The molecule has 3 N–H and O–H groups in total. The molecule has 0 radical (unpaired) electrons. The minimum atomic E-state index is -4.56. The van der Waals surface area contributed by atoms with Crippen LogP contribution >= 0.6 is 11.3 Å². The minimum absolute atomic E-state index is 0.0803. The Labute approximate surface area is 194 Å². The van der Waals surface area contributed by atoms with E-state index >= 15 is 0 Å². The van der Waals surface area contributed by atoms with Crippen LogP contribution in [0.5, 0.6) is 17.2 Å². The smallest absolute Gasteiger partial charge is 0.420 e. The van der Waals surface area contributed by atoms with Crippen molar-refractivity contribution >= 4 is 22.2 Å². The third-order valence-corrected chi connectivity index (χ3v) is 5.81. The maximum Gasteiger partial charge on any atom is 0.420 e. The third-order valence-electron chi connectivity index (χ3n) is 5.05. The number of phenolic OH excluding ortho intramolecular Hbond substituents is 2. The number of thiazole rings is 1. The number of alkyl halides is 3. The number of anilines is 2. The van der Waals surface area contributed by atoms with Gasteiger partial charge in [0.15, 0.2) is 5.13 Å². The van der Waals surface area contributed by atoms with Crippen molar-refractivity contribution in [2.24, 2.45) is 0 Å². The summed E-state index contributed by atoms with van der Waals surface area (Å²) in [6, 6.07) is 7.98. The normalized spacial score (nSPS) is 11.5. The second-order valence-electron chi connectivity index (χ2n) is 7.69. The molecule has 0 spiro atoms. The number of ether oxygens (including phenoxy) is 1. The molecule has 0 aliphatic carbocycles. The monoisotopic (exact) mass is 480 g/mol. The van der Waals surface area contributed by atoms with Gasteiger partial charge < -0.3 is 20.3 Å². The Hall–Kier alpha value is -2.94. The van der Waals surface area contributed by atoms with Crippen LogP contribution in [-0.4, -0.2) is 21.8 Å². The molecule has 0 aliphatic rings. The zero-order valence-electron chi connectivity index (χ0n) is 18.3. The third kappa shape index (κ3) is 7.02. The van der Waals surface area contributed by atoms with Gasteiger partial charge in [0.05, 0.1) is 17.9 Å². The van der Waals surface area contributed by atoms with Gasteiger partial charge in [-0.2, -0.15) is 13.2 Å². The van der Waals surface area contributed by atoms with Gasteiger partial charge in [0.25, 0.3) is 0 Å². The molecular formula is C24H27F3N2O3S. The van der Waals surface area contributed by atoms with Crippen LogP contribution < -0.4 is 10.1 Å². The molecule has 2 aromatic carbocycles. The van der Waals surface area contributed by atoms with E-state index in [1.54, 1.807) is 5.38 Å². The van der Waals surface area contributed by atoms with E-state index in [4.69, 9.17) is 4.74 Å². The van der Waals surface area contributed by atoms with Crippen molar-refractivity contribution in [3.8, 4) is 28.5 Å². The maximum absolute atomic E-state index is 13.6. The van der Waals surface area contributed by atoms with Gasteiger partial charge in [0.2, 0.25) is 0 Å². The summed E-state index contributed by atoms with van der Waals surface area (Å²) in [6.07, 6.45) is 1.61. The van der Waals surface area contributed by atoms with E-state index in [2.05, 4.69) is 17.2 Å². The Morgan fingerprint density at radius 3 is 2.48 bits per heavy atom. The summed E-state index contributed by atoms with van der Waals surface area (Å²) in [6.45, 7) is 2.38. The lowest BCUT2D eigenvalue weighted by Crippen LogP contribution is -2.10. The summed E-state index contributed by atoms with van der Waals surface area (Å²) >= 11 is 1.19. The maximum atomic E-state index is 13.6. The Morgan fingerprint density at radius 1 is 1.00 bits per heavy atom. The van der Waals surface area contributed by atoms with E-state index < -0.39 is 11.7 Å². The van der Waals surface area contributed by atoms with Crippen LogP contribution in [0.15, 0.2) is 41.8 Å². The highest BCUT2D eigenvalue weighted by atomic mass is 32.1. The lowest BCUT2D eigenvalue weighted by molar-refractivity contribution is -0.138. The van der Waals surface area contributed by atoms with Crippen LogP contribution in [0.1, 0.15) is 51.0 Å². The molecule has 1 aromatic heterocycles. The number of rotatable bonds is 11. The Morgan fingerprint density at radius 2 is 1.76 bits per heavy atom. The summed E-state index contributed by atoms with van der Waals surface area (Å²) < 4.78 is 46.3. The zero-order chi connectivity index (χ0) is 23.8. The molecule has 0 atom stereocenters. The highest BCUT2D eigenvalue weighted by Crippen LogP contribution is 2.39. The number of hydrogen-bond acceptors (Lipinski definition) is 6. The van der Waals surface area contributed by atoms with Gasteiger partial charge in [-0.15, -0.1) is 11.3 Å². The van der Waals surface area contributed by atoms with Crippen LogP contribution in [0.3, 0.4) is 0 Å². The Bertz CT molecular complexity index is 1050. The van der Waals surface area contributed by atoms with E-state index in [1.807, 2.05) is 0 Å². The topological polar surface area (TPSA) is 74.6 Å². The van der Waals surface area contributed by atoms with E-state index in [-0.39, 0.29) is 29.5 Å². The average Bonchev–Trinajstić information content (AvgIpc) is 3.21. The first kappa shape index (κ1) is 24.7. The zero-order valence-corrected chi connectivity index (χ0v) is 19.1. The fraction of sp³-hybridized carbons (Fsp3) is 0.375. The van der Waals surface area contributed by atoms with Crippen molar-refractivity contribution in [1.82, 2.24) is 4.98 Å². The molecule has 3 aromatic rings. The minimum Gasteiger partial charge on any atom is -0.508 e. The second kappa shape index (κ2) is 11.3. The van der Waals surface area contributed by atoms with Crippen molar-refractivity contribution in [2.75, 3.05) is 11.9 Å². The summed E-state index contributed by atoms with van der Waals surface area (Å²) in [4.78, 5) is 4.33. The quantitative estimate of drug-likeness (QED) is 0.245. The van der Waals surface area contributed by atoms with E-state index in [0.717, 1.165) is 31.7 Å². The number of unbranched alkanes of at least 4 members (excludes halogenated alkanes) is 5. The number of nitrogens with zero attached hydrogens (tertiary/aromatic N) is 1. The fourth-order valence-electron chi connectivity index (χ4n) is 3.33. The number of hydrogen-bond donors (Lipinski definition) is 3. The van der Waals surface area contributed by atoms with Crippen LogP contribution in [0, 0.1) is 0 Å². The summed E-state index contributed by atoms with van der Waals surface area (Å²) in [5.74, 6) is -0.406. The number of benzene rings is 2. The molecular weight excluding hydrogens is 453 g/mol. The number of nitrogens with one attached hydrogen (secondary N) is 1. The first-order valence-corrected chi connectivity index (χ1v) is 11.7. The highest BCUT2D eigenvalue weighted by Gasteiger charge is 2.34. The predicted molar refractivity (Wildman–Crippen MR) is 124 cm³/mol. The van der Waals surface area contributed by atoms with Gasteiger partial charge in [-0.05, 0) is 36.8 Å². The average molecular weight is 481 g/mol. The van der Waals surface area contributed by atoms with Crippen molar-refractivity contribution in [3.63, 3.8) is 0 Å². The standard InChI is InChI=1S/C24H27F3N2O3S/c1-2-3-4-5-6-7-12-32-22-11-8-16(13-19(22)24(25,26)27)28-23-29-20(15-33-23)18-10-9-17(30)14-21(18)31/h8-11,13-15,30-31H,2-7,12H2,1H3,(H,28,29). The summed E-state index contributed by atoms with van der Waals surface area (Å²) in [7, 11) is 0. The van der Waals surface area contributed by atoms with Crippen LogP contribution in [-0.2, 0) is 6.18 Å². The molecule has 9 heteroatoms. The molecule has 0 saturated heterocycles. The molecule has 0 fully saturated rings. The fourth-order valence-corrected chi connectivity index (χ4v) is 4.07. The highest BCUT2D eigenvalue weighted by molar-refractivity contribution is 7.14. The number of aromatic hydroxyl groups is 2. The van der Waals surface area contributed by atoms with Crippen molar-refractivity contribution in [1.29, 1.82) is 0 Å². The second-order valence-corrected chi connectivity index (χ2v) is 8.55. The molecule has 1 heterocycles. The van der Waals surface area contributed by atoms with E-state index in [9.17, 15) is 23.4 Å². The number of halogens is 3. The van der Waals surface area contributed by atoms with E-state index in [1.165, 1.54) is 48.1 Å².